The summed E-state index contributed by atoms with van der Waals surface area (Å²) in [5.74, 6) is 0. The molecule has 2 aromatic heterocycles. The number of nitrogens with zero attached hydrogens (tertiary/aromatic N) is 3. The highest BCUT2D eigenvalue weighted by Crippen LogP contribution is 2.15. The minimum Gasteiger partial charge on any atom is -0.349 e. The number of rotatable bonds is 7. The number of nitrogens with two attached hydrogens (primary N) is 1. The zero-order valence-corrected chi connectivity index (χ0v) is 13.1. The molecule has 0 aliphatic carbocycles. The van der Waals surface area contributed by atoms with Crippen LogP contribution >= 0.6 is 0 Å². The highest BCUT2D eigenvalue weighted by molar-refractivity contribution is 7.89. The maximum absolute atomic E-state index is 12.3. The lowest BCUT2D eigenvalue weighted by molar-refractivity contribution is 0.578. The molecule has 2 aromatic rings. The molecule has 0 aliphatic rings. The van der Waals surface area contributed by atoms with Crippen molar-refractivity contribution in [3.05, 3.63) is 35.9 Å². The molecule has 116 valence electrons. The Labute approximate surface area is 124 Å². The fourth-order valence-electron chi connectivity index (χ4n) is 2.10. The second-order valence-electron chi connectivity index (χ2n) is 4.87. The quantitative estimate of drug-likeness (QED) is 0.781. The second-order valence-corrected chi connectivity index (χ2v) is 6.64. The second kappa shape index (κ2) is 6.42. The predicted octanol–water partition coefficient (Wildman–Crippen LogP) is 0.569. The van der Waals surface area contributed by atoms with E-state index in [4.69, 9.17) is 5.73 Å². The topological polar surface area (TPSA) is 94.9 Å². The van der Waals surface area contributed by atoms with E-state index >= 15 is 0 Å². The highest BCUT2D eigenvalue weighted by Gasteiger charge is 2.18. The van der Waals surface area contributed by atoms with E-state index < -0.39 is 10.0 Å². The van der Waals surface area contributed by atoms with Crippen LogP contribution in [0.1, 0.15) is 24.7 Å². The lowest BCUT2D eigenvalue weighted by atomic mass is 10.4. The van der Waals surface area contributed by atoms with Crippen LogP contribution < -0.4 is 10.5 Å². The molecule has 0 unspecified atom stereocenters. The zero-order valence-electron chi connectivity index (χ0n) is 12.3. The molecule has 7 nitrogen and oxygen atoms in total. The Hall–Kier alpha value is -1.64. The molecule has 0 bridgehead atoms. The highest BCUT2D eigenvalue weighted by atomic mass is 32.2. The Morgan fingerprint density at radius 3 is 2.76 bits per heavy atom. The van der Waals surface area contributed by atoms with E-state index in [1.807, 2.05) is 11.5 Å². The summed E-state index contributed by atoms with van der Waals surface area (Å²) in [5, 5.41) is 4.14. The van der Waals surface area contributed by atoms with E-state index in [-0.39, 0.29) is 11.4 Å². The van der Waals surface area contributed by atoms with Gasteiger partial charge in [-0.25, -0.2) is 13.1 Å². The third-order valence-electron chi connectivity index (χ3n) is 3.16. The molecule has 0 atom stereocenters. The van der Waals surface area contributed by atoms with E-state index in [0.29, 0.717) is 12.2 Å². The van der Waals surface area contributed by atoms with Gasteiger partial charge in [-0.2, -0.15) is 5.10 Å². The van der Waals surface area contributed by atoms with Crippen molar-refractivity contribution < 1.29 is 8.42 Å². The normalized spacial score (nSPS) is 12.0. The van der Waals surface area contributed by atoms with Gasteiger partial charge in [-0.3, -0.25) is 4.68 Å². The van der Waals surface area contributed by atoms with Gasteiger partial charge in [0.1, 0.15) is 0 Å². The van der Waals surface area contributed by atoms with Gasteiger partial charge in [0.15, 0.2) is 0 Å². The summed E-state index contributed by atoms with van der Waals surface area (Å²) in [7, 11) is -1.77. The van der Waals surface area contributed by atoms with Crippen molar-refractivity contribution >= 4 is 10.0 Å². The van der Waals surface area contributed by atoms with Crippen LogP contribution in [-0.2, 0) is 36.7 Å². The zero-order chi connectivity index (χ0) is 15.5. The summed E-state index contributed by atoms with van der Waals surface area (Å²) in [4.78, 5) is 0.243. The van der Waals surface area contributed by atoms with Crippen LogP contribution in [0.5, 0.6) is 0 Å². The Morgan fingerprint density at radius 1 is 1.43 bits per heavy atom. The molecule has 0 saturated heterocycles. The molecule has 0 fully saturated rings. The average Bonchev–Trinajstić information content (AvgIpc) is 3.04. The fraction of sp³-hybridized carbons (Fsp3) is 0.462. The van der Waals surface area contributed by atoms with Gasteiger partial charge < -0.3 is 10.3 Å². The Morgan fingerprint density at radius 2 is 2.19 bits per heavy atom. The van der Waals surface area contributed by atoms with Crippen molar-refractivity contribution in [1.29, 1.82) is 0 Å². The molecule has 0 radical (unpaired) electrons. The SMILES string of the molecule is CCCn1cc(S(=O)(=O)NCc2ccn(C)n2)cc1CN. The van der Waals surface area contributed by atoms with E-state index in [1.54, 1.807) is 36.3 Å². The minimum absolute atomic E-state index is 0.167. The molecule has 2 rings (SSSR count). The largest absolute Gasteiger partial charge is 0.349 e. The summed E-state index contributed by atoms with van der Waals surface area (Å²) in [6.07, 6.45) is 4.32. The van der Waals surface area contributed by atoms with E-state index in [0.717, 1.165) is 18.7 Å². The third-order valence-corrected chi connectivity index (χ3v) is 4.53. The molecule has 2 heterocycles. The third kappa shape index (κ3) is 3.72. The molecule has 0 spiro atoms. The van der Waals surface area contributed by atoms with Crippen molar-refractivity contribution in [2.24, 2.45) is 12.8 Å². The van der Waals surface area contributed by atoms with Crippen LogP contribution in [0.15, 0.2) is 29.4 Å². The lowest BCUT2D eigenvalue weighted by Crippen LogP contribution is -2.23. The van der Waals surface area contributed by atoms with Crippen LogP contribution in [0.2, 0.25) is 0 Å². The van der Waals surface area contributed by atoms with Crippen molar-refractivity contribution in [1.82, 2.24) is 19.1 Å². The van der Waals surface area contributed by atoms with Crippen molar-refractivity contribution in [3.8, 4) is 0 Å². The first-order chi connectivity index (χ1) is 9.96. The first-order valence-electron chi connectivity index (χ1n) is 6.83. The fourth-order valence-corrected chi connectivity index (χ4v) is 3.16. The van der Waals surface area contributed by atoms with Crippen LogP contribution in [0.4, 0.5) is 0 Å². The molecular weight excluding hydrogens is 290 g/mol. The number of aromatic nitrogens is 3. The summed E-state index contributed by atoms with van der Waals surface area (Å²) in [6.45, 7) is 3.27. The summed E-state index contributed by atoms with van der Waals surface area (Å²) in [6, 6.07) is 3.40. The van der Waals surface area contributed by atoms with E-state index in [2.05, 4.69) is 9.82 Å². The predicted molar refractivity (Wildman–Crippen MR) is 79.8 cm³/mol. The smallest absolute Gasteiger partial charge is 0.242 e. The molecule has 0 saturated carbocycles. The average molecular weight is 311 g/mol. The molecule has 3 N–H and O–H groups in total. The molecule has 0 aliphatic heterocycles. The minimum atomic E-state index is -3.55. The van der Waals surface area contributed by atoms with E-state index in [1.165, 1.54) is 0 Å². The summed E-state index contributed by atoms with van der Waals surface area (Å²) >= 11 is 0. The van der Waals surface area contributed by atoms with Crippen molar-refractivity contribution in [3.63, 3.8) is 0 Å². The number of sulfonamides is 1. The van der Waals surface area contributed by atoms with Crippen LogP contribution in [0.25, 0.3) is 0 Å². The Kier molecular flexibility index (Phi) is 4.81. The number of aryl methyl sites for hydroxylation is 2. The standard InChI is InChI=1S/C13H21N5O2S/c1-3-5-18-10-13(7-12(18)8-14)21(19,20)15-9-11-4-6-17(2)16-11/h4,6-7,10,15H,3,5,8-9,14H2,1-2H3. The number of hydrogen-bond acceptors (Lipinski definition) is 4. The Balaban J connectivity index is 2.15. The van der Waals surface area contributed by atoms with E-state index in [9.17, 15) is 8.42 Å². The summed E-state index contributed by atoms with van der Waals surface area (Å²) < 4.78 is 30.7. The van der Waals surface area contributed by atoms with Gasteiger partial charge in [0.25, 0.3) is 0 Å². The summed E-state index contributed by atoms with van der Waals surface area (Å²) in [5.41, 5.74) is 7.15. The monoisotopic (exact) mass is 311 g/mol. The molecule has 0 aromatic carbocycles. The lowest BCUT2D eigenvalue weighted by Gasteiger charge is -2.04. The number of hydrogen-bond donors (Lipinski definition) is 2. The van der Waals surface area contributed by atoms with Gasteiger partial charge in [-0.05, 0) is 18.6 Å². The molecule has 8 heteroatoms. The van der Waals surface area contributed by atoms with Crippen molar-refractivity contribution in [2.75, 3.05) is 0 Å². The molecular formula is C13H21N5O2S. The van der Waals surface area contributed by atoms with Gasteiger partial charge in [-0.1, -0.05) is 6.92 Å². The van der Waals surface area contributed by atoms with Crippen LogP contribution in [0, 0.1) is 0 Å². The molecule has 0 amide bonds. The maximum atomic E-state index is 12.3. The first-order valence-corrected chi connectivity index (χ1v) is 8.32. The molecule has 21 heavy (non-hydrogen) atoms. The van der Waals surface area contributed by atoms with Gasteiger partial charge in [0, 0.05) is 38.2 Å². The number of nitrogens with one attached hydrogen (secondary N) is 1. The first kappa shape index (κ1) is 15.7. The maximum Gasteiger partial charge on any atom is 0.242 e. The van der Waals surface area contributed by atoms with Crippen molar-refractivity contribution in [2.45, 2.75) is 37.9 Å². The van der Waals surface area contributed by atoms with Gasteiger partial charge >= 0.3 is 0 Å². The van der Waals surface area contributed by atoms with Gasteiger partial charge in [-0.15, -0.1) is 0 Å². The van der Waals surface area contributed by atoms with Crippen LogP contribution in [-0.4, -0.2) is 22.8 Å². The Bertz CT molecular complexity index is 702. The van der Waals surface area contributed by atoms with Crippen LogP contribution in [0.3, 0.4) is 0 Å². The van der Waals surface area contributed by atoms with Gasteiger partial charge in [0.05, 0.1) is 17.1 Å². The van der Waals surface area contributed by atoms with Gasteiger partial charge in [0.2, 0.25) is 10.0 Å².